The summed E-state index contributed by atoms with van der Waals surface area (Å²) in [7, 11) is 0. The molecule has 1 saturated heterocycles. The van der Waals surface area contributed by atoms with Gasteiger partial charge in [-0.25, -0.2) is 0 Å². The largest absolute Gasteiger partial charge is 0.352 e. The van der Waals surface area contributed by atoms with E-state index in [1.807, 2.05) is 11.8 Å². The van der Waals surface area contributed by atoms with Gasteiger partial charge in [0.25, 0.3) is 0 Å². The normalized spacial score (nSPS) is 17.6. The minimum absolute atomic E-state index is 0.00707. The van der Waals surface area contributed by atoms with Crippen molar-refractivity contribution in [3.63, 3.8) is 0 Å². The average molecular weight is 282 g/mol. The van der Waals surface area contributed by atoms with Crippen LogP contribution >= 0.6 is 0 Å². The van der Waals surface area contributed by atoms with Gasteiger partial charge in [0.05, 0.1) is 12.6 Å². The third kappa shape index (κ3) is 5.30. The summed E-state index contributed by atoms with van der Waals surface area (Å²) < 4.78 is 0. The molecule has 3 N–H and O–H groups in total. The van der Waals surface area contributed by atoms with E-state index < -0.39 is 0 Å². The van der Waals surface area contributed by atoms with E-state index in [9.17, 15) is 9.59 Å². The van der Waals surface area contributed by atoms with Crippen LogP contribution in [-0.2, 0) is 9.59 Å². The van der Waals surface area contributed by atoms with Crippen molar-refractivity contribution in [1.82, 2.24) is 15.1 Å². The highest BCUT2D eigenvalue weighted by Crippen LogP contribution is 2.05. The topological polar surface area (TPSA) is 78.7 Å². The minimum atomic E-state index is -0.387. The van der Waals surface area contributed by atoms with Gasteiger partial charge in [-0.1, -0.05) is 19.4 Å². The average Bonchev–Trinajstić information content (AvgIpc) is 2.45. The second-order valence-corrected chi connectivity index (χ2v) is 5.09. The minimum Gasteiger partial charge on any atom is -0.352 e. The van der Waals surface area contributed by atoms with E-state index in [1.165, 1.54) is 0 Å². The lowest BCUT2D eigenvalue weighted by Crippen LogP contribution is -2.54. The SMILES string of the molecule is C=CCNC(=O)CN1CCN(C(=O)C(N)CCC)CC1. The first-order valence-corrected chi connectivity index (χ1v) is 7.22. The fourth-order valence-corrected chi connectivity index (χ4v) is 2.24. The predicted molar refractivity (Wildman–Crippen MR) is 79.1 cm³/mol. The Kier molecular flexibility index (Phi) is 7.25. The lowest BCUT2D eigenvalue weighted by Gasteiger charge is -2.35. The second kappa shape index (κ2) is 8.71. The van der Waals surface area contributed by atoms with Gasteiger partial charge in [0.1, 0.15) is 0 Å². The van der Waals surface area contributed by atoms with Crippen LogP contribution in [-0.4, -0.2) is 66.9 Å². The number of hydrogen-bond donors (Lipinski definition) is 2. The molecule has 0 aliphatic carbocycles. The third-order valence-corrected chi connectivity index (χ3v) is 3.41. The third-order valence-electron chi connectivity index (χ3n) is 3.41. The maximum Gasteiger partial charge on any atom is 0.239 e. The van der Waals surface area contributed by atoms with Crippen molar-refractivity contribution in [3.05, 3.63) is 12.7 Å². The number of rotatable bonds is 7. The molecule has 1 aliphatic rings. The first kappa shape index (κ1) is 16.7. The molecule has 1 fully saturated rings. The Morgan fingerprint density at radius 2 is 2.00 bits per heavy atom. The van der Waals surface area contributed by atoms with Gasteiger partial charge in [0.15, 0.2) is 0 Å². The van der Waals surface area contributed by atoms with Crippen LogP contribution in [0.4, 0.5) is 0 Å². The highest BCUT2D eigenvalue weighted by atomic mass is 16.2. The Morgan fingerprint density at radius 1 is 1.35 bits per heavy atom. The molecule has 2 amide bonds. The van der Waals surface area contributed by atoms with E-state index in [0.717, 1.165) is 12.8 Å². The van der Waals surface area contributed by atoms with Gasteiger partial charge in [-0.05, 0) is 6.42 Å². The molecule has 0 saturated carbocycles. The molecule has 1 atom stereocenters. The Bertz CT molecular complexity index is 338. The van der Waals surface area contributed by atoms with Crippen molar-refractivity contribution < 1.29 is 9.59 Å². The number of piperazine rings is 1. The molecule has 0 spiro atoms. The standard InChI is InChI=1S/C14H26N4O2/c1-3-5-12(15)14(20)18-9-7-17(8-10-18)11-13(19)16-6-4-2/h4,12H,2-3,5-11,15H2,1H3,(H,16,19). The molecule has 6 nitrogen and oxygen atoms in total. The lowest BCUT2D eigenvalue weighted by molar-refractivity contribution is -0.134. The highest BCUT2D eigenvalue weighted by Gasteiger charge is 2.25. The summed E-state index contributed by atoms with van der Waals surface area (Å²) >= 11 is 0. The van der Waals surface area contributed by atoms with Crippen molar-refractivity contribution >= 4 is 11.8 Å². The van der Waals surface area contributed by atoms with Crippen LogP contribution in [0.25, 0.3) is 0 Å². The van der Waals surface area contributed by atoms with Crippen LogP contribution in [0.15, 0.2) is 12.7 Å². The van der Waals surface area contributed by atoms with Crippen molar-refractivity contribution in [2.24, 2.45) is 5.73 Å². The van der Waals surface area contributed by atoms with Gasteiger partial charge in [0, 0.05) is 32.7 Å². The van der Waals surface area contributed by atoms with E-state index in [0.29, 0.717) is 39.3 Å². The first-order chi connectivity index (χ1) is 9.58. The molecule has 0 aromatic heterocycles. The van der Waals surface area contributed by atoms with Crippen LogP contribution in [0.5, 0.6) is 0 Å². The number of nitrogens with zero attached hydrogens (tertiary/aromatic N) is 2. The van der Waals surface area contributed by atoms with Gasteiger partial charge < -0.3 is 16.0 Å². The molecule has 114 valence electrons. The number of carbonyl (C=O) groups excluding carboxylic acids is 2. The fourth-order valence-electron chi connectivity index (χ4n) is 2.24. The number of amides is 2. The Labute approximate surface area is 121 Å². The summed E-state index contributed by atoms with van der Waals surface area (Å²) in [5, 5.41) is 2.75. The zero-order chi connectivity index (χ0) is 15.0. The zero-order valence-electron chi connectivity index (χ0n) is 12.3. The summed E-state index contributed by atoms with van der Waals surface area (Å²) in [6.45, 7) is 9.15. The Balaban J connectivity index is 2.30. The van der Waals surface area contributed by atoms with Crippen LogP contribution in [0, 0.1) is 0 Å². The van der Waals surface area contributed by atoms with Crippen molar-refractivity contribution in [2.75, 3.05) is 39.3 Å². The molecule has 0 radical (unpaired) electrons. The van der Waals surface area contributed by atoms with Gasteiger partial charge >= 0.3 is 0 Å². The monoisotopic (exact) mass is 282 g/mol. The fraction of sp³-hybridized carbons (Fsp3) is 0.714. The number of nitrogens with two attached hydrogens (primary N) is 1. The molecule has 0 aromatic rings. The van der Waals surface area contributed by atoms with E-state index in [4.69, 9.17) is 5.73 Å². The van der Waals surface area contributed by atoms with E-state index >= 15 is 0 Å². The Hall–Kier alpha value is -1.40. The summed E-state index contributed by atoms with van der Waals surface area (Å²) in [6, 6.07) is -0.387. The molecule has 1 unspecified atom stereocenters. The molecule has 1 rings (SSSR count). The maximum atomic E-state index is 12.1. The smallest absolute Gasteiger partial charge is 0.239 e. The van der Waals surface area contributed by atoms with Gasteiger partial charge in [-0.3, -0.25) is 14.5 Å². The van der Waals surface area contributed by atoms with Crippen molar-refractivity contribution in [3.8, 4) is 0 Å². The van der Waals surface area contributed by atoms with E-state index in [2.05, 4.69) is 11.9 Å². The molecule has 0 aromatic carbocycles. The van der Waals surface area contributed by atoms with Crippen LogP contribution in [0.3, 0.4) is 0 Å². The zero-order valence-corrected chi connectivity index (χ0v) is 12.3. The molecule has 6 heteroatoms. The summed E-state index contributed by atoms with van der Waals surface area (Å²) in [5.74, 6) is 0.0231. The lowest BCUT2D eigenvalue weighted by atomic mass is 10.1. The molecule has 20 heavy (non-hydrogen) atoms. The predicted octanol–water partition coefficient (Wildman–Crippen LogP) is -0.440. The Morgan fingerprint density at radius 3 is 2.55 bits per heavy atom. The molecule has 0 bridgehead atoms. The molecular weight excluding hydrogens is 256 g/mol. The first-order valence-electron chi connectivity index (χ1n) is 7.22. The van der Waals surface area contributed by atoms with E-state index in [-0.39, 0.29) is 17.9 Å². The number of carbonyl (C=O) groups is 2. The number of hydrogen-bond acceptors (Lipinski definition) is 4. The molecular formula is C14H26N4O2. The summed E-state index contributed by atoms with van der Waals surface area (Å²) in [6.07, 6.45) is 3.29. The highest BCUT2D eigenvalue weighted by molar-refractivity contribution is 5.82. The quantitative estimate of drug-likeness (QED) is 0.621. The van der Waals surface area contributed by atoms with Crippen molar-refractivity contribution in [1.29, 1.82) is 0 Å². The number of nitrogens with one attached hydrogen (secondary N) is 1. The van der Waals surface area contributed by atoms with Crippen molar-refractivity contribution in [2.45, 2.75) is 25.8 Å². The van der Waals surface area contributed by atoms with Gasteiger partial charge in [0.2, 0.25) is 11.8 Å². The maximum absolute atomic E-state index is 12.1. The van der Waals surface area contributed by atoms with Crippen LogP contribution in [0.2, 0.25) is 0 Å². The van der Waals surface area contributed by atoms with Crippen LogP contribution < -0.4 is 11.1 Å². The van der Waals surface area contributed by atoms with Crippen LogP contribution in [0.1, 0.15) is 19.8 Å². The second-order valence-electron chi connectivity index (χ2n) is 5.09. The molecule has 1 aliphatic heterocycles. The van der Waals surface area contributed by atoms with E-state index in [1.54, 1.807) is 11.0 Å². The van der Waals surface area contributed by atoms with Gasteiger partial charge in [-0.2, -0.15) is 0 Å². The summed E-state index contributed by atoms with van der Waals surface area (Å²) in [4.78, 5) is 27.5. The molecule has 1 heterocycles. The summed E-state index contributed by atoms with van der Waals surface area (Å²) in [5.41, 5.74) is 5.85. The van der Waals surface area contributed by atoms with Gasteiger partial charge in [-0.15, -0.1) is 6.58 Å².